The van der Waals surface area contributed by atoms with Crippen molar-refractivity contribution in [2.75, 3.05) is 39.5 Å². The van der Waals surface area contributed by atoms with E-state index in [9.17, 15) is 4.79 Å². The van der Waals surface area contributed by atoms with E-state index in [0.29, 0.717) is 44.9 Å². The molecule has 0 unspecified atom stereocenters. The lowest BCUT2D eigenvalue weighted by Crippen LogP contribution is -2.38. The normalized spacial score (nSPS) is 11.3. The fourth-order valence-corrected chi connectivity index (χ4v) is 1.26. The molecule has 114 valence electrons. The maximum absolute atomic E-state index is 11.3. The summed E-state index contributed by atoms with van der Waals surface area (Å²) in [6.45, 7) is 11.8. The first-order valence-corrected chi connectivity index (χ1v) is 7.18. The lowest BCUT2D eigenvalue weighted by atomic mass is 10.1. The molecule has 0 saturated heterocycles. The third kappa shape index (κ3) is 15.3. The van der Waals surface area contributed by atoms with E-state index in [2.05, 4.69) is 24.5 Å². The summed E-state index contributed by atoms with van der Waals surface area (Å²) >= 11 is 0. The van der Waals surface area contributed by atoms with Gasteiger partial charge in [-0.15, -0.1) is 0 Å². The molecule has 0 bridgehead atoms. The van der Waals surface area contributed by atoms with Gasteiger partial charge >= 0.3 is 0 Å². The number of carbonyl (C=O) groups is 1. The lowest BCUT2D eigenvalue weighted by Gasteiger charge is -2.09. The number of carbonyl (C=O) groups excluding carboxylic acids is 1. The molecule has 0 atom stereocenters. The second kappa shape index (κ2) is 12.4. The number of ether oxygens (including phenoxy) is 2. The van der Waals surface area contributed by atoms with E-state index < -0.39 is 0 Å². The van der Waals surface area contributed by atoms with Crippen molar-refractivity contribution in [1.82, 2.24) is 10.6 Å². The minimum atomic E-state index is 0.00508. The van der Waals surface area contributed by atoms with Crippen molar-refractivity contribution in [3.8, 4) is 0 Å². The molecule has 0 spiro atoms. The van der Waals surface area contributed by atoms with Crippen molar-refractivity contribution in [1.29, 1.82) is 0 Å². The summed E-state index contributed by atoms with van der Waals surface area (Å²) in [7, 11) is 0. The predicted molar refractivity (Wildman–Crippen MR) is 77.2 cm³/mol. The van der Waals surface area contributed by atoms with Gasteiger partial charge in [0.1, 0.15) is 0 Å². The summed E-state index contributed by atoms with van der Waals surface area (Å²) < 4.78 is 10.8. The van der Waals surface area contributed by atoms with Gasteiger partial charge in [-0.3, -0.25) is 4.79 Å². The molecule has 5 nitrogen and oxygen atoms in total. The minimum absolute atomic E-state index is 0.00508. The summed E-state index contributed by atoms with van der Waals surface area (Å²) in [4.78, 5) is 11.3. The monoisotopic (exact) mass is 274 g/mol. The molecule has 0 radical (unpaired) electrons. The van der Waals surface area contributed by atoms with Gasteiger partial charge in [-0.2, -0.15) is 0 Å². The van der Waals surface area contributed by atoms with Crippen LogP contribution in [0.25, 0.3) is 0 Å². The summed E-state index contributed by atoms with van der Waals surface area (Å²) in [5, 5.41) is 5.84. The van der Waals surface area contributed by atoms with E-state index in [4.69, 9.17) is 9.47 Å². The van der Waals surface area contributed by atoms with E-state index >= 15 is 0 Å². The fourth-order valence-electron chi connectivity index (χ4n) is 1.26. The highest BCUT2D eigenvalue weighted by Gasteiger charge is 2.00. The Kier molecular flexibility index (Phi) is 12.0. The smallest absolute Gasteiger partial charge is 0.234 e. The van der Waals surface area contributed by atoms with Gasteiger partial charge in [-0.25, -0.2) is 0 Å². The third-order valence-corrected chi connectivity index (χ3v) is 2.45. The zero-order valence-corrected chi connectivity index (χ0v) is 12.8. The number of hydrogen-bond acceptors (Lipinski definition) is 4. The summed E-state index contributed by atoms with van der Waals surface area (Å²) in [5.41, 5.74) is 0. The molecule has 0 heterocycles. The van der Waals surface area contributed by atoms with Gasteiger partial charge in [-0.1, -0.05) is 27.7 Å². The van der Waals surface area contributed by atoms with Crippen LogP contribution in [0.4, 0.5) is 0 Å². The van der Waals surface area contributed by atoms with Gasteiger partial charge in [0.15, 0.2) is 0 Å². The molecule has 0 aromatic carbocycles. The van der Waals surface area contributed by atoms with Crippen LogP contribution in [0.1, 0.15) is 34.1 Å². The average molecular weight is 274 g/mol. The Balaban J connectivity index is 3.16. The first-order chi connectivity index (χ1) is 9.02. The van der Waals surface area contributed by atoms with Crippen LogP contribution in [0.2, 0.25) is 0 Å². The Labute approximate surface area is 117 Å². The van der Waals surface area contributed by atoms with Crippen LogP contribution in [-0.2, 0) is 14.3 Å². The Bertz CT molecular complexity index is 221. The molecule has 2 N–H and O–H groups in total. The standard InChI is InChI=1S/C14H30N2O3/c1-12(2)5-7-18-9-10-19-8-6-15-14(17)11-16-13(3)4/h12-13,16H,5-11H2,1-4H3,(H,15,17). The SMILES string of the molecule is CC(C)CCOCCOCCNC(=O)CNC(C)C. The largest absolute Gasteiger partial charge is 0.379 e. The van der Waals surface area contributed by atoms with E-state index in [1.165, 1.54) is 0 Å². The molecule has 0 fully saturated rings. The first-order valence-electron chi connectivity index (χ1n) is 7.18. The topological polar surface area (TPSA) is 59.6 Å². The molecular formula is C14H30N2O3. The molecule has 19 heavy (non-hydrogen) atoms. The number of rotatable bonds is 12. The van der Waals surface area contributed by atoms with Crippen LogP contribution < -0.4 is 10.6 Å². The molecule has 0 aromatic rings. The second-order valence-corrected chi connectivity index (χ2v) is 5.29. The second-order valence-electron chi connectivity index (χ2n) is 5.29. The van der Waals surface area contributed by atoms with Crippen molar-refractivity contribution < 1.29 is 14.3 Å². The number of nitrogens with one attached hydrogen (secondary N) is 2. The van der Waals surface area contributed by atoms with Gasteiger partial charge in [-0.05, 0) is 12.3 Å². The molecular weight excluding hydrogens is 244 g/mol. The molecule has 0 rings (SSSR count). The fraction of sp³-hybridized carbons (Fsp3) is 0.929. The van der Waals surface area contributed by atoms with Crippen molar-refractivity contribution in [2.45, 2.75) is 40.2 Å². The van der Waals surface area contributed by atoms with Gasteiger partial charge in [0.2, 0.25) is 5.91 Å². The molecule has 0 aliphatic rings. The van der Waals surface area contributed by atoms with E-state index in [-0.39, 0.29) is 5.91 Å². The van der Waals surface area contributed by atoms with Crippen LogP contribution in [0, 0.1) is 5.92 Å². The summed E-state index contributed by atoms with van der Waals surface area (Å²) in [6.07, 6.45) is 1.08. The van der Waals surface area contributed by atoms with E-state index in [0.717, 1.165) is 13.0 Å². The summed E-state index contributed by atoms with van der Waals surface area (Å²) in [6, 6.07) is 0.324. The Morgan fingerprint density at radius 2 is 1.63 bits per heavy atom. The minimum Gasteiger partial charge on any atom is -0.379 e. The van der Waals surface area contributed by atoms with E-state index in [1.807, 2.05) is 13.8 Å². The molecule has 0 saturated carbocycles. The predicted octanol–water partition coefficient (Wildman–Crippen LogP) is 1.18. The highest BCUT2D eigenvalue weighted by Crippen LogP contribution is 1.98. The lowest BCUT2D eigenvalue weighted by molar-refractivity contribution is -0.120. The van der Waals surface area contributed by atoms with Gasteiger partial charge in [0.05, 0.1) is 26.4 Å². The highest BCUT2D eigenvalue weighted by atomic mass is 16.5. The Morgan fingerprint density at radius 3 is 2.21 bits per heavy atom. The zero-order valence-electron chi connectivity index (χ0n) is 12.8. The highest BCUT2D eigenvalue weighted by molar-refractivity contribution is 5.77. The molecule has 1 amide bonds. The number of hydrogen-bond donors (Lipinski definition) is 2. The van der Waals surface area contributed by atoms with Gasteiger partial charge in [0.25, 0.3) is 0 Å². The summed E-state index contributed by atoms with van der Waals surface area (Å²) in [5.74, 6) is 0.682. The van der Waals surface area contributed by atoms with Crippen molar-refractivity contribution >= 4 is 5.91 Å². The maximum Gasteiger partial charge on any atom is 0.234 e. The van der Waals surface area contributed by atoms with Crippen LogP contribution >= 0.6 is 0 Å². The van der Waals surface area contributed by atoms with Crippen molar-refractivity contribution in [3.05, 3.63) is 0 Å². The molecule has 0 aliphatic heterocycles. The van der Waals surface area contributed by atoms with Crippen molar-refractivity contribution in [3.63, 3.8) is 0 Å². The molecule has 0 aliphatic carbocycles. The maximum atomic E-state index is 11.3. The van der Waals surface area contributed by atoms with Crippen LogP contribution in [0.5, 0.6) is 0 Å². The Morgan fingerprint density at radius 1 is 1.00 bits per heavy atom. The molecule has 5 heteroatoms. The third-order valence-electron chi connectivity index (χ3n) is 2.45. The molecule has 0 aromatic heterocycles. The van der Waals surface area contributed by atoms with Gasteiger partial charge in [0, 0.05) is 19.2 Å². The average Bonchev–Trinajstić information content (AvgIpc) is 2.34. The van der Waals surface area contributed by atoms with Crippen molar-refractivity contribution in [2.24, 2.45) is 5.92 Å². The van der Waals surface area contributed by atoms with Crippen LogP contribution in [-0.4, -0.2) is 51.5 Å². The van der Waals surface area contributed by atoms with E-state index in [1.54, 1.807) is 0 Å². The number of amides is 1. The zero-order chi connectivity index (χ0) is 14.5. The Hall–Kier alpha value is -0.650. The first kappa shape index (κ1) is 18.4. The van der Waals surface area contributed by atoms with Gasteiger partial charge < -0.3 is 20.1 Å². The quantitative estimate of drug-likeness (QED) is 0.525. The van der Waals surface area contributed by atoms with Crippen LogP contribution in [0.3, 0.4) is 0 Å². The van der Waals surface area contributed by atoms with Crippen LogP contribution in [0.15, 0.2) is 0 Å².